The van der Waals surface area contributed by atoms with E-state index >= 15 is 0 Å². The minimum atomic E-state index is -0.577. The minimum Gasteiger partial charge on any atom is -0.481 e. The summed E-state index contributed by atoms with van der Waals surface area (Å²) in [6, 6.07) is 0. The fourth-order valence-corrected chi connectivity index (χ4v) is 3.74. The number of carboxylic acid groups (broad SMARTS) is 1. The van der Waals surface area contributed by atoms with Gasteiger partial charge >= 0.3 is 5.97 Å². The third-order valence-corrected chi connectivity index (χ3v) is 4.98. The molecule has 0 spiro atoms. The van der Waals surface area contributed by atoms with Crippen LogP contribution in [0, 0.1) is 5.41 Å². The van der Waals surface area contributed by atoms with Gasteiger partial charge in [-0.15, -0.1) is 0 Å². The van der Waals surface area contributed by atoms with Gasteiger partial charge in [0.05, 0.1) is 11.5 Å². The molecule has 116 valence electrons. The van der Waals surface area contributed by atoms with E-state index in [1.54, 1.807) is 0 Å². The van der Waals surface area contributed by atoms with E-state index in [2.05, 4.69) is 4.90 Å². The maximum Gasteiger partial charge on any atom is 0.310 e. The van der Waals surface area contributed by atoms with Crippen molar-refractivity contribution in [3.05, 3.63) is 0 Å². The fraction of sp³-hybridized carbons (Fsp3) is 0.938. The lowest BCUT2D eigenvalue weighted by Gasteiger charge is -2.38. The number of carbonyl (C=O) groups is 1. The highest BCUT2D eigenvalue weighted by Crippen LogP contribution is 2.36. The summed E-state index contributed by atoms with van der Waals surface area (Å²) < 4.78 is 5.67. The Morgan fingerprint density at radius 3 is 2.30 bits per heavy atom. The first-order chi connectivity index (χ1) is 9.66. The Labute approximate surface area is 122 Å². The molecule has 20 heavy (non-hydrogen) atoms. The van der Waals surface area contributed by atoms with E-state index in [4.69, 9.17) is 4.74 Å². The van der Waals surface area contributed by atoms with Gasteiger partial charge in [-0.05, 0) is 32.6 Å². The highest BCUT2D eigenvalue weighted by atomic mass is 16.5. The van der Waals surface area contributed by atoms with Crippen molar-refractivity contribution in [1.29, 1.82) is 0 Å². The zero-order valence-corrected chi connectivity index (χ0v) is 12.8. The quantitative estimate of drug-likeness (QED) is 0.788. The van der Waals surface area contributed by atoms with Crippen molar-refractivity contribution in [2.24, 2.45) is 5.41 Å². The monoisotopic (exact) mass is 283 g/mol. The van der Waals surface area contributed by atoms with E-state index < -0.39 is 11.4 Å². The number of ether oxygens (including phenoxy) is 1. The molecule has 2 rings (SSSR count). The van der Waals surface area contributed by atoms with E-state index in [0.717, 1.165) is 64.8 Å². The molecule has 0 unspecified atom stereocenters. The molecule has 1 heterocycles. The van der Waals surface area contributed by atoms with Gasteiger partial charge < -0.3 is 14.7 Å². The lowest BCUT2D eigenvalue weighted by Crippen LogP contribution is -2.47. The van der Waals surface area contributed by atoms with Crippen molar-refractivity contribution in [1.82, 2.24) is 4.90 Å². The average molecular weight is 283 g/mol. The number of aliphatic carboxylic acids is 1. The molecule has 0 atom stereocenters. The minimum absolute atomic E-state index is 0.381. The van der Waals surface area contributed by atoms with Crippen LogP contribution in [0.15, 0.2) is 0 Å². The van der Waals surface area contributed by atoms with Gasteiger partial charge in [0.15, 0.2) is 0 Å². The number of nitrogens with zero attached hydrogens (tertiary/aromatic N) is 1. The van der Waals surface area contributed by atoms with Crippen LogP contribution in [-0.4, -0.2) is 48.3 Å². The Morgan fingerprint density at radius 1 is 1.20 bits per heavy atom. The first kappa shape index (κ1) is 15.8. The second kappa shape index (κ2) is 7.41. The molecular weight excluding hydrogens is 254 g/mol. The second-order valence-electron chi connectivity index (χ2n) is 6.43. The molecular formula is C16H29NO3. The molecule has 4 heteroatoms. The molecule has 0 bridgehead atoms. The van der Waals surface area contributed by atoms with Gasteiger partial charge in [-0.3, -0.25) is 4.79 Å². The zero-order chi connectivity index (χ0) is 14.4. The van der Waals surface area contributed by atoms with Crippen LogP contribution in [0.25, 0.3) is 0 Å². The lowest BCUT2D eigenvalue weighted by molar-refractivity contribution is -0.151. The van der Waals surface area contributed by atoms with Crippen LogP contribution in [-0.2, 0) is 9.53 Å². The van der Waals surface area contributed by atoms with Crippen molar-refractivity contribution in [3.8, 4) is 0 Å². The Bertz CT molecular complexity index is 303. The normalized spacial score (nSPS) is 25.2. The van der Waals surface area contributed by atoms with Gasteiger partial charge in [-0.2, -0.15) is 0 Å². The molecule has 2 fully saturated rings. The van der Waals surface area contributed by atoms with Gasteiger partial charge in [-0.25, -0.2) is 0 Å². The van der Waals surface area contributed by atoms with E-state index in [0.29, 0.717) is 6.10 Å². The maximum absolute atomic E-state index is 11.8. The SMILES string of the molecule is CCOC1CCN(CC2(C(=O)O)CCCCCC2)CC1. The van der Waals surface area contributed by atoms with Crippen LogP contribution in [0.2, 0.25) is 0 Å². The number of piperidine rings is 1. The molecule has 0 aromatic rings. The largest absolute Gasteiger partial charge is 0.481 e. The third-order valence-electron chi connectivity index (χ3n) is 4.98. The Balaban J connectivity index is 1.90. The van der Waals surface area contributed by atoms with E-state index in [1.165, 1.54) is 12.8 Å². The molecule has 0 aromatic carbocycles. The molecule has 1 saturated carbocycles. The standard InChI is InChI=1S/C16H29NO3/c1-2-20-14-7-11-17(12-8-14)13-16(15(18)19)9-5-3-4-6-10-16/h14H,2-13H2,1H3,(H,18,19). The molecule has 0 aromatic heterocycles. The fourth-order valence-electron chi connectivity index (χ4n) is 3.74. The number of rotatable bonds is 5. The van der Waals surface area contributed by atoms with Crippen molar-refractivity contribution >= 4 is 5.97 Å². The second-order valence-corrected chi connectivity index (χ2v) is 6.43. The van der Waals surface area contributed by atoms with Crippen molar-refractivity contribution in [2.75, 3.05) is 26.2 Å². The summed E-state index contributed by atoms with van der Waals surface area (Å²) in [6.07, 6.45) is 8.71. The Hall–Kier alpha value is -0.610. The van der Waals surface area contributed by atoms with Gasteiger partial charge in [0, 0.05) is 26.2 Å². The lowest BCUT2D eigenvalue weighted by atomic mass is 9.79. The van der Waals surface area contributed by atoms with Crippen LogP contribution in [0.3, 0.4) is 0 Å². The summed E-state index contributed by atoms with van der Waals surface area (Å²) in [5, 5.41) is 9.73. The summed E-state index contributed by atoms with van der Waals surface area (Å²) >= 11 is 0. The summed E-state index contributed by atoms with van der Waals surface area (Å²) in [5.74, 6) is -0.577. The van der Waals surface area contributed by atoms with Crippen LogP contribution in [0.4, 0.5) is 0 Å². The summed E-state index contributed by atoms with van der Waals surface area (Å²) in [5.41, 5.74) is -0.491. The number of hydrogen-bond donors (Lipinski definition) is 1. The zero-order valence-electron chi connectivity index (χ0n) is 12.8. The maximum atomic E-state index is 11.8. The summed E-state index contributed by atoms with van der Waals surface area (Å²) in [7, 11) is 0. The van der Waals surface area contributed by atoms with Gasteiger partial charge in [-0.1, -0.05) is 25.7 Å². The number of hydrogen-bond acceptors (Lipinski definition) is 3. The molecule has 1 N–H and O–H groups in total. The first-order valence-corrected chi connectivity index (χ1v) is 8.24. The smallest absolute Gasteiger partial charge is 0.310 e. The van der Waals surface area contributed by atoms with Gasteiger partial charge in [0.2, 0.25) is 0 Å². The molecule has 0 radical (unpaired) electrons. The molecule has 4 nitrogen and oxygen atoms in total. The first-order valence-electron chi connectivity index (χ1n) is 8.24. The average Bonchev–Trinajstić information content (AvgIpc) is 2.68. The van der Waals surface area contributed by atoms with E-state index in [9.17, 15) is 9.90 Å². The predicted molar refractivity (Wildman–Crippen MR) is 78.9 cm³/mol. The third kappa shape index (κ3) is 3.95. The number of carboxylic acids is 1. The van der Waals surface area contributed by atoms with Gasteiger partial charge in [0.1, 0.15) is 0 Å². The van der Waals surface area contributed by atoms with Crippen molar-refractivity contribution in [2.45, 2.75) is 64.4 Å². The topological polar surface area (TPSA) is 49.8 Å². The Morgan fingerprint density at radius 2 is 1.80 bits per heavy atom. The highest BCUT2D eigenvalue weighted by Gasteiger charge is 2.40. The molecule has 1 aliphatic carbocycles. The van der Waals surface area contributed by atoms with Crippen LogP contribution in [0.5, 0.6) is 0 Å². The van der Waals surface area contributed by atoms with Crippen LogP contribution in [0.1, 0.15) is 58.3 Å². The Kier molecular flexibility index (Phi) is 5.85. The molecule has 2 aliphatic rings. The molecule has 0 amide bonds. The predicted octanol–water partition coefficient (Wildman–Crippen LogP) is 2.91. The van der Waals surface area contributed by atoms with E-state index in [1.807, 2.05) is 6.92 Å². The van der Waals surface area contributed by atoms with Crippen molar-refractivity contribution < 1.29 is 14.6 Å². The van der Waals surface area contributed by atoms with E-state index in [-0.39, 0.29) is 0 Å². The highest BCUT2D eigenvalue weighted by molar-refractivity contribution is 5.75. The van der Waals surface area contributed by atoms with Gasteiger partial charge in [0.25, 0.3) is 0 Å². The number of likely N-dealkylation sites (tertiary alicyclic amines) is 1. The van der Waals surface area contributed by atoms with Crippen molar-refractivity contribution in [3.63, 3.8) is 0 Å². The van der Waals surface area contributed by atoms with Crippen LogP contribution >= 0.6 is 0 Å². The van der Waals surface area contributed by atoms with Crippen LogP contribution < -0.4 is 0 Å². The molecule has 1 saturated heterocycles. The summed E-state index contributed by atoms with van der Waals surface area (Å²) in [4.78, 5) is 14.2. The summed E-state index contributed by atoms with van der Waals surface area (Å²) in [6.45, 7) is 5.53. The molecule has 1 aliphatic heterocycles.